The molecular formula is C8H6F3N3O. The van der Waals surface area contributed by atoms with Gasteiger partial charge in [0.15, 0.2) is 11.3 Å². The summed E-state index contributed by atoms with van der Waals surface area (Å²) in [5.74, 6) is -0.368. The summed E-state index contributed by atoms with van der Waals surface area (Å²) < 4.78 is 37.6. The lowest BCUT2D eigenvalue weighted by molar-refractivity contribution is -0.141. The third-order valence-corrected chi connectivity index (χ3v) is 1.83. The van der Waals surface area contributed by atoms with E-state index >= 15 is 0 Å². The largest absolute Gasteiger partial charge is 0.493 e. The maximum absolute atomic E-state index is 12.3. The molecule has 0 aliphatic carbocycles. The molecule has 0 saturated heterocycles. The second-order valence-electron chi connectivity index (χ2n) is 3.05. The molecule has 80 valence electrons. The molecule has 0 amide bonds. The van der Waals surface area contributed by atoms with Gasteiger partial charge in [-0.15, -0.1) is 0 Å². The van der Waals surface area contributed by atoms with Crippen LogP contribution in [0.5, 0.6) is 5.88 Å². The third-order valence-electron chi connectivity index (χ3n) is 1.83. The van der Waals surface area contributed by atoms with E-state index in [4.69, 9.17) is 0 Å². The van der Waals surface area contributed by atoms with E-state index in [0.29, 0.717) is 5.69 Å². The first-order valence-corrected chi connectivity index (χ1v) is 4.01. The van der Waals surface area contributed by atoms with Crippen molar-refractivity contribution >= 4 is 5.65 Å². The highest BCUT2D eigenvalue weighted by Gasteiger charge is 2.34. The Hall–Kier alpha value is -1.79. The molecule has 0 fully saturated rings. The molecule has 2 aromatic rings. The highest BCUT2D eigenvalue weighted by Crippen LogP contribution is 2.29. The van der Waals surface area contributed by atoms with Crippen LogP contribution >= 0.6 is 0 Å². The number of hydrogen-bond donors (Lipinski definition) is 1. The van der Waals surface area contributed by atoms with Gasteiger partial charge >= 0.3 is 6.18 Å². The van der Waals surface area contributed by atoms with Crippen molar-refractivity contribution in [3.05, 3.63) is 23.5 Å². The predicted octanol–water partition coefficient (Wildman–Crippen LogP) is 1.76. The average molecular weight is 217 g/mol. The lowest BCUT2D eigenvalue weighted by atomic mass is 10.4. The van der Waals surface area contributed by atoms with E-state index in [0.717, 1.165) is 10.6 Å². The fraction of sp³-hybridized carbons (Fsp3) is 0.250. The maximum atomic E-state index is 12.3. The fourth-order valence-corrected chi connectivity index (χ4v) is 1.22. The molecule has 0 aliphatic rings. The van der Waals surface area contributed by atoms with Gasteiger partial charge in [-0.25, -0.2) is 4.98 Å². The Balaban J connectivity index is 2.71. The molecule has 2 rings (SSSR count). The zero-order valence-electron chi connectivity index (χ0n) is 7.58. The zero-order chi connectivity index (χ0) is 11.2. The number of nitrogens with zero attached hydrogens (tertiary/aromatic N) is 3. The van der Waals surface area contributed by atoms with Crippen LogP contribution in [-0.2, 0) is 6.18 Å². The van der Waals surface area contributed by atoms with Crippen LogP contribution in [0.3, 0.4) is 0 Å². The summed E-state index contributed by atoms with van der Waals surface area (Å²) in [4.78, 5) is 3.81. The number of hydrogen-bond acceptors (Lipinski definition) is 3. The summed E-state index contributed by atoms with van der Waals surface area (Å²) in [6.07, 6.45) is -4.53. The van der Waals surface area contributed by atoms with Crippen molar-refractivity contribution in [1.29, 1.82) is 0 Å². The molecule has 0 saturated carbocycles. The summed E-state index contributed by atoms with van der Waals surface area (Å²) in [6.45, 7) is 1.57. The van der Waals surface area contributed by atoms with Gasteiger partial charge in [0.1, 0.15) is 0 Å². The minimum absolute atomic E-state index is 0.0279. The van der Waals surface area contributed by atoms with E-state index in [1.54, 1.807) is 6.92 Å². The van der Waals surface area contributed by atoms with Crippen LogP contribution in [0.1, 0.15) is 11.4 Å². The smallest absolute Gasteiger partial charge is 0.435 e. The van der Waals surface area contributed by atoms with Crippen molar-refractivity contribution in [3.8, 4) is 5.88 Å². The molecule has 0 aromatic carbocycles. The van der Waals surface area contributed by atoms with Gasteiger partial charge in [-0.3, -0.25) is 0 Å². The fourth-order valence-electron chi connectivity index (χ4n) is 1.22. The van der Waals surface area contributed by atoms with Crippen LogP contribution in [0.15, 0.2) is 12.1 Å². The van der Waals surface area contributed by atoms with Crippen molar-refractivity contribution in [1.82, 2.24) is 14.6 Å². The number of aromatic hydroxyl groups is 1. The van der Waals surface area contributed by atoms with Crippen LogP contribution in [0.25, 0.3) is 5.65 Å². The maximum Gasteiger partial charge on any atom is 0.435 e. The van der Waals surface area contributed by atoms with Crippen molar-refractivity contribution in [2.75, 3.05) is 0 Å². The molecule has 2 aromatic heterocycles. The Bertz CT molecular complexity index is 518. The first-order valence-electron chi connectivity index (χ1n) is 4.01. The molecule has 0 aliphatic heterocycles. The molecule has 0 radical (unpaired) electrons. The van der Waals surface area contributed by atoms with Crippen molar-refractivity contribution in [2.24, 2.45) is 0 Å². The first-order chi connectivity index (χ1) is 6.88. The molecule has 0 atom stereocenters. The summed E-state index contributed by atoms with van der Waals surface area (Å²) in [5, 5.41) is 12.5. The monoisotopic (exact) mass is 217 g/mol. The topological polar surface area (TPSA) is 50.4 Å². The van der Waals surface area contributed by atoms with Gasteiger partial charge < -0.3 is 5.11 Å². The minimum Gasteiger partial charge on any atom is -0.493 e. The molecule has 15 heavy (non-hydrogen) atoms. The third kappa shape index (κ3) is 1.60. The molecule has 7 heteroatoms. The van der Waals surface area contributed by atoms with Crippen molar-refractivity contribution in [3.63, 3.8) is 0 Å². The Kier molecular flexibility index (Phi) is 1.85. The summed E-state index contributed by atoms with van der Waals surface area (Å²) in [7, 11) is 0. The van der Waals surface area contributed by atoms with Crippen molar-refractivity contribution in [2.45, 2.75) is 13.1 Å². The van der Waals surface area contributed by atoms with Crippen LogP contribution in [0.4, 0.5) is 13.2 Å². The van der Waals surface area contributed by atoms with Crippen LogP contribution < -0.4 is 0 Å². The summed E-state index contributed by atoms with van der Waals surface area (Å²) >= 11 is 0. The number of aromatic nitrogens is 3. The van der Waals surface area contributed by atoms with E-state index in [2.05, 4.69) is 10.1 Å². The number of fused-ring (bicyclic) bond motifs is 1. The second kappa shape index (κ2) is 2.85. The van der Waals surface area contributed by atoms with E-state index in [1.807, 2.05) is 0 Å². The Labute approximate surface area is 82.0 Å². The van der Waals surface area contributed by atoms with E-state index < -0.39 is 11.9 Å². The lowest BCUT2D eigenvalue weighted by Gasteiger charge is -1.99. The second-order valence-corrected chi connectivity index (χ2v) is 3.05. The molecular weight excluding hydrogens is 211 g/mol. The Morgan fingerprint density at radius 1 is 1.33 bits per heavy atom. The normalized spacial score (nSPS) is 12.3. The van der Waals surface area contributed by atoms with E-state index in [9.17, 15) is 18.3 Å². The van der Waals surface area contributed by atoms with Crippen molar-refractivity contribution < 1.29 is 18.3 Å². The van der Waals surface area contributed by atoms with Gasteiger partial charge in [-0.1, -0.05) is 0 Å². The van der Waals surface area contributed by atoms with Crippen LogP contribution in [-0.4, -0.2) is 19.7 Å². The number of rotatable bonds is 0. The first kappa shape index (κ1) is 9.75. The van der Waals surface area contributed by atoms with Gasteiger partial charge in [0, 0.05) is 17.8 Å². The average Bonchev–Trinajstić information content (AvgIpc) is 2.46. The zero-order valence-corrected chi connectivity index (χ0v) is 7.58. The molecule has 0 spiro atoms. The standard InChI is InChI=1S/C8H6F3N3O/c1-4-2-7(15)14-6(12-4)3-5(13-14)8(9,10)11/h2-3,15H,1H3. The molecule has 1 N–H and O–H groups in total. The molecule has 2 heterocycles. The Morgan fingerprint density at radius 2 is 2.00 bits per heavy atom. The predicted molar refractivity (Wildman–Crippen MR) is 44.4 cm³/mol. The van der Waals surface area contributed by atoms with E-state index in [-0.39, 0.29) is 11.5 Å². The SMILES string of the molecule is Cc1cc(O)n2nc(C(F)(F)F)cc2n1. The van der Waals surface area contributed by atoms with Gasteiger partial charge in [0.25, 0.3) is 0 Å². The highest BCUT2D eigenvalue weighted by atomic mass is 19.4. The number of alkyl halides is 3. The van der Waals surface area contributed by atoms with E-state index in [1.165, 1.54) is 6.07 Å². The van der Waals surface area contributed by atoms with Crippen LogP contribution in [0.2, 0.25) is 0 Å². The quantitative estimate of drug-likeness (QED) is 0.731. The van der Waals surface area contributed by atoms with Gasteiger partial charge in [-0.2, -0.15) is 22.8 Å². The molecule has 0 unspecified atom stereocenters. The van der Waals surface area contributed by atoms with Gasteiger partial charge in [-0.05, 0) is 6.92 Å². The minimum atomic E-state index is -4.53. The van der Waals surface area contributed by atoms with Crippen LogP contribution in [0, 0.1) is 6.92 Å². The lowest BCUT2D eigenvalue weighted by Crippen LogP contribution is -2.05. The van der Waals surface area contributed by atoms with Gasteiger partial charge in [0.2, 0.25) is 5.88 Å². The number of aryl methyl sites for hydroxylation is 1. The summed E-state index contributed by atoms with van der Waals surface area (Å²) in [6, 6.07) is 2.02. The number of halogens is 3. The Morgan fingerprint density at radius 3 is 2.60 bits per heavy atom. The van der Waals surface area contributed by atoms with Gasteiger partial charge in [0.05, 0.1) is 0 Å². The highest BCUT2D eigenvalue weighted by molar-refractivity contribution is 5.43. The molecule has 4 nitrogen and oxygen atoms in total. The summed E-state index contributed by atoms with van der Waals surface area (Å²) in [5.41, 5.74) is -0.677. The molecule has 0 bridgehead atoms.